The molecule has 0 amide bonds. The number of hydrogen-bond donors (Lipinski definition) is 1. The Morgan fingerprint density at radius 2 is 1.44 bits per heavy atom. The molecule has 3 rings (SSSR count). The summed E-state index contributed by atoms with van der Waals surface area (Å²) < 4.78 is 5.81. The summed E-state index contributed by atoms with van der Waals surface area (Å²) in [7, 11) is 0. The molecule has 0 aromatic heterocycles. The molecule has 3 nitrogen and oxygen atoms in total. The summed E-state index contributed by atoms with van der Waals surface area (Å²) in [4.78, 5) is 4.22. The quantitative estimate of drug-likeness (QED) is 0.379. The first-order chi connectivity index (χ1) is 12.2. The topological polar surface area (TPSA) is 47.6 Å². The third-order valence-corrected chi connectivity index (χ3v) is 3.99. The molecule has 0 saturated heterocycles. The van der Waals surface area contributed by atoms with E-state index in [0.29, 0.717) is 12.4 Å². The smallest absolute Gasteiger partial charge is 0.119 e. The first kappa shape index (κ1) is 17.1. The zero-order valence-electron chi connectivity index (χ0n) is 13.7. The van der Waals surface area contributed by atoms with Crippen molar-refractivity contribution < 1.29 is 4.74 Å². The Morgan fingerprint density at radius 1 is 0.840 bits per heavy atom. The van der Waals surface area contributed by atoms with Crippen molar-refractivity contribution in [3.05, 3.63) is 84.4 Å². The van der Waals surface area contributed by atoms with Gasteiger partial charge in [-0.2, -0.15) is 0 Å². The molecular formula is C21H19ClN2O. The van der Waals surface area contributed by atoms with Crippen molar-refractivity contribution >= 4 is 23.1 Å². The average Bonchev–Trinajstić information content (AvgIpc) is 2.68. The maximum Gasteiger partial charge on any atom is 0.119 e. The summed E-state index contributed by atoms with van der Waals surface area (Å²) in [6.07, 6.45) is 0. The van der Waals surface area contributed by atoms with Crippen LogP contribution in [-0.4, -0.2) is 11.7 Å². The average molecular weight is 351 g/mol. The van der Waals surface area contributed by atoms with Crippen LogP contribution in [-0.2, 0) is 6.61 Å². The van der Waals surface area contributed by atoms with E-state index in [1.54, 1.807) is 0 Å². The van der Waals surface area contributed by atoms with E-state index in [1.165, 1.54) is 0 Å². The lowest BCUT2D eigenvalue weighted by molar-refractivity contribution is 0.306. The molecule has 4 heteroatoms. The fourth-order valence-electron chi connectivity index (χ4n) is 2.41. The monoisotopic (exact) mass is 350 g/mol. The molecule has 0 fully saturated rings. The van der Waals surface area contributed by atoms with Crippen LogP contribution in [0.4, 0.5) is 5.69 Å². The number of nitrogens with zero attached hydrogens (tertiary/aromatic N) is 1. The Kier molecular flexibility index (Phi) is 5.70. The highest BCUT2D eigenvalue weighted by Gasteiger charge is 2.00. The maximum atomic E-state index is 5.81. The van der Waals surface area contributed by atoms with Crippen LogP contribution in [0.1, 0.15) is 5.56 Å². The fourth-order valence-corrected chi connectivity index (χ4v) is 2.47. The molecule has 0 heterocycles. The molecular weight excluding hydrogens is 332 g/mol. The molecule has 2 N–H and O–H groups in total. The molecule has 0 saturated carbocycles. The van der Waals surface area contributed by atoms with E-state index in [1.807, 2.05) is 66.7 Å². The predicted octanol–water partition coefficient (Wildman–Crippen LogP) is 5.16. The van der Waals surface area contributed by atoms with Crippen molar-refractivity contribution in [3.63, 3.8) is 0 Å². The third-order valence-electron chi connectivity index (χ3n) is 3.71. The zero-order chi connectivity index (χ0) is 17.5. The Morgan fingerprint density at radius 3 is 2.04 bits per heavy atom. The second-order valence-electron chi connectivity index (χ2n) is 5.58. The molecule has 0 atom stereocenters. The van der Waals surface area contributed by atoms with Crippen LogP contribution in [0, 0.1) is 0 Å². The van der Waals surface area contributed by atoms with Crippen LogP contribution in [0.25, 0.3) is 11.1 Å². The van der Waals surface area contributed by atoms with Crippen molar-refractivity contribution in [3.8, 4) is 16.9 Å². The first-order valence-electron chi connectivity index (χ1n) is 8.01. The summed E-state index contributed by atoms with van der Waals surface area (Å²) >= 11 is 5.64. The van der Waals surface area contributed by atoms with E-state index in [-0.39, 0.29) is 5.88 Å². The summed E-state index contributed by atoms with van der Waals surface area (Å²) in [5.74, 6) is 1.49. The van der Waals surface area contributed by atoms with Crippen molar-refractivity contribution in [2.45, 2.75) is 6.61 Å². The molecule has 25 heavy (non-hydrogen) atoms. The lowest BCUT2D eigenvalue weighted by Gasteiger charge is -2.08. The SMILES string of the molecule is NC(CCl)=Nc1ccc(-c2ccc(OCc3ccccc3)cc2)cc1. The molecule has 3 aromatic carbocycles. The van der Waals surface area contributed by atoms with Gasteiger partial charge >= 0.3 is 0 Å². The highest BCUT2D eigenvalue weighted by molar-refractivity contribution is 6.28. The van der Waals surface area contributed by atoms with E-state index >= 15 is 0 Å². The minimum atomic E-state index is 0.228. The van der Waals surface area contributed by atoms with Crippen molar-refractivity contribution in [2.24, 2.45) is 10.7 Å². The number of nitrogens with two attached hydrogens (primary N) is 1. The van der Waals surface area contributed by atoms with Gasteiger partial charge < -0.3 is 10.5 Å². The minimum absolute atomic E-state index is 0.228. The summed E-state index contributed by atoms with van der Waals surface area (Å²) in [5, 5.41) is 0. The first-order valence-corrected chi connectivity index (χ1v) is 8.54. The zero-order valence-corrected chi connectivity index (χ0v) is 14.5. The van der Waals surface area contributed by atoms with Gasteiger partial charge in [-0.1, -0.05) is 54.6 Å². The van der Waals surface area contributed by atoms with Crippen LogP contribution in [0.3, 0.4) is 0 Å². The Balaban J connectivity index is 1.65. The van der Waals surface area contributed by atoms with E-state index in [9.17, 15) is 0 Å². The maximum absolute atomic E-state index is 5.81. The number of aliphatic imine (C=N–C) groups is 1. The minimum Gasteiger partial charge on any atom is -0.489 e. The van der Waals surface area contributed by atoms with Crippen molar-refractivity contribution in [1.29, 1.82) is 0 Å². The van der Waals surface area contributed by atoms with Gasteiger partial charge in [-0.3, -0.25) is 0 Å². The van der Waals surface area contributed by atoms with Crippen LogP contribution >= 0.6 is 11.6 Å². The highest BCUT2D eigenvalue weighted by Crippen LogP contribution is 2.25. The number of benzene rings is 3. The van der Waals surface area contributed by atoms with Gasteiger partial charge in [0.2, 0.25) is 0 Å². The normalized spacial score (nSPS) is 11.3. The van der Waals surface area contributed by atoms with Crippen LogP contribution in [0.5, 0.6) is 5.75 Å². The summed E-state index contributed by atoms with van der Waals surface area (Å²) in [6.45, 7) is 0.564. The van der Waals surface area contributed by atoms with Gasteiger partial charge in [0.25, 0.3) is 0 Å². The molecule has 0 aliphatic heterocycles. The number of alkyl halides is 1. The molecule has 3 aromatic rings. The van der Waals surface area contributed by atoms with Gasteiger partial charge in [-0.15, -0.1) is 11.6 Å². The van der Waals surface area contributed by atoms with Crippen LogP contribution in [0.15, 0.2) is 83.9 Å². The largest absolute Gasteiger partial charge is 0.489 e. The van der Waals surface area contributed by atoms with Gasteiger partial charge in [0.1, 0.15) is 18.2 Å². The molecule has 0 aliphatic rings. The molecule has 0 aliphatic carbocycles. The van der Waals surface area contributed by atoms with Gasteiger partial charge in [0.05, 0.1) is 11.6 Å². The summed E-state index contributed by atoms with van der Waals surface area (Å²) in [6, 6.07) is 26.1. The fraction of sp³-hybridized carbons (Fsp3) is 0.0952. The summed E-state index contributed by atoms with van der Waals surface area (Å²) in [5.41, 5.74) is 9.82. The molecule has 0 bridgehead atoms. The molecule has 0 spiro atoms. The van der Waals surface area contributed by atoms with Gasteiger partial charge in [-0.05, 0) is 41.0 Å². The van der Waals surface area contributed by atoms with Crippen LogP contribution in [0.2, 0.25) is 0 Å². The molecule has 126 valence electrons. The third kappa shape index (κ3) is 4.85. The van der Waals surface area contributed by atoms with Crippen molar-refractivity contribution in [2.75, 3.05) is 5.88 Å². The van der Waals surface area contributed by atoms with E-state index in [0.717, 1.165) is 28.1 Å². The predicted molar refractivity (Wildman–Crippen MR) is 105 cm³/mol. The van der Waals surface area contributed by atoms with E-state index < -0.39 is 0 Å². The number of amidine groups is 1. The second-order valence-corrected chi connectivity index (χ2v) is 5.85. The number of hydrogen-bond acceptors (Lipinski definition) is 2. The molecule has 0 unspecified atom stereocenters. The lowest BCUT2D eigenvalue weighted by Crippen LogP contribution is -2.12. The van der Waals surface area contributed by atoms with E-state index in [2.05, 4.69) is 17.1 Å². The van der Waals surface area contributed by atoms with E-state index in [4.69, 9.17) is 22.1 Å². The van der Waals surface area contributed by atoms with Crippen molar-refractivity contribution in [1.82, 2.24) is 0 Å². The second kappa shape index (κ2) is 8.36. The standard InChI is InChI=1S/C21H19ClN2O/c22-14-21(23)24-19-10-6-17(7-11-19)18-8-12-20(13-9-18)25-15-16-4-2-1-3-5-16/h1-13H,14-15H2,(H2,23,24). The lowest BCUT2D eigenvalue weighted by atomic mass is 10.1. The Labute approximate surface area is 152 Å². The number of halogens is 1. The van der Waals surface area contributed by atoms with Crippen LogP contribution < -0.4 is 10.5 Å². The van der Waals surface area contributed by atoms with Gasteiger partial charge in [0.15, 0.2) is 0 Å². The highest BCUT2D eigenvalue weighted by atomic mass is 35.5. The Bertz CT molecular complexity index is 828. The Hall–Kier alpha value is -2.78. The number of ether oxygens (including phenoxy) is 1. The number of rotatable bonds is 6. The van der Waals surface area contributed by atoms with Gasteiger partial charge in [0, 0.05) is 0 Å². The van der Waals surface area contributed by atoms with Gasteiger partial charge in [-0.25, -0.2) is 4.99 Å². The molecule has 0 radical (unpaired) electrons.